The molecule has 144 valence electrons. The molecule has 28 heavy (non-hydrogen) atoms. The Labute approximate surface area is 158 Å². The van der Waals surface area contributed by atoms with E-state index >= 15 is 0 Å². The third-order valence-electron chi connectivity index (χ3n) is 3.92. The van der Waals surface area contributed by atoms with Gasteiger partial charge in [0.1, 0.15) is 0 Å². The molecule has 2 aromatic carbocycles. The van der Waals surface area contributed by atoms with E-state index in [1.54, 1.807) is 47.4 Å². The summed E-state index contributed by atoms with van der Waals surface area (Å²) in [5.41, 5.74) is 0.592. The monoisotopic (exact) mass is 388 g/mol. The molecule has 0 bridgehead atoms. The lowest BCUT2D eigenvalue weighted by molar-refractivity contribution is -0.116. The number of amides is 2. The minimum Gasteiger partial charge on any atom is -0.332 e. The van der Waals surface area contributed by atoms with E-state index in [1.165, 1.54) is 7.05 Å². The maximum Gasteiger partial charge on any atom is 0.254 e. The number of nitrogens with zero attached hydrogens (tertiary/aromatic N) is 3. The van der Waals surface area contributed by atoms with Gasteiger partial charge >= 0.3 is 0 Å². The lowest BCUT2D eigenvalue weighted by atomic mass is 10.2. The molecule has 0 fully saturated rings. The fourth-order valence-corrected chi connectivity index (χ4v) is 2.50. The molecule has 0 aliphatic heterocycles. The van der Waals surface area contributed by atoms with Gasteiger partial charge in [-0.2, -0.15) is 5.10 Å². The van der Waals surface area contributed by atoms with Gasteiger partial charge in [0.15, 0.2) is 17.5 Å². The van der Waals surface area contributed by atoms with Gasteiger partial charge in [-0.1, -0.05) is 0 Å². The number of aromatic nitrogens is 2. The molecule has 2 amide bonds. The summed E-state index contributed by atoms with van der Waals surface area (Å²) in [7, 11) is 1.39. The Morgan fingerprint density at radius 3 is 2.43 bits per heavy atom. The molecule has 3 rings (SSSR count). The zero-order valence-corrected chi connectivity index (χ0v) is 14.7. The summed E-state index contributed by atoms with van der Waals surface area (Å²) >= 11 is 0. The van der Waals surface area contributed by atoms with Crippen molar-refractivity contribution in [3.8, 4) is 5.69 Å². The van der Waals surface area contributed by atoms with Crippen molar-refractivity contribution < 1.29 is 22.8 Å². The van der Waals surface area contributed by atoms with E-state index in [1.807, 2.05) is 0 Å². The first-order chi connectivity index (χ1) is 13.4. The molecule has 6 nitrogen and oxygen atoms in total. The van der Waals surface area contributed by atoms with Crippen molar-refractivity contribution in [1.29, 1.82) is 0 Å². The fourth-order valence-electron chi connectivity index (χ4n) is 2.50. The zero-order valence-electron chi connectivity index (χ0n) is 14.7. The summed E-state index contributed by atoms with van der Waals surface area (Å²) in [5, 5.41) is 6.20. The van der Waals surface area contributed by atoms with Crippen LogP contribution < -0.4 is 5.32 Å². The Morgan fingerprint density at radius 1 is 1.07 bits per heavy atom. The summed E-state index contributed by atoms with van der Waals surface area (Å²) in [5.74, 6) is -5.74. The summed E-state index contributed by atoms with van der Waals surface area (Å²) in [6.07, 6.45) is 3.38. The molecule has 0 aliphatic carbocycles. The largest absolute Gasteiger partial charge is 0.332 e. The molecule has 0 radical (unpaired) electrons. The summed E-state index contributed by atoms with van der Waals surface area (Å²) in [4.78, 5) is 25.6. The van der Waals surface area contributed by atoms with Crippen LogP contribution in [0.1, 0.15) is 10.4 Å². The third-order valence-corrected chi connectivity index (χ3v) is 3.92. The van der Waals surface area contributed by atoms with Gasteiger partial charge in [0.05, 0.1) is 17.9 Å². The topological polar surface area (TPSA) is 67.2 Å². The van der Waals surface area contributed by atoms with E-state index in [9.17, 15) is 22.8 Å². The van der Waals surface area contributed by atoms with Crippen LogP contribution >= 0.6 is 0 Å². The number of carbonyl (C=O) groups excluding carboxylic acids is 2. The number of carbonyl (C=O) groups is 2. The van der Waals surface area contributed by atoms with Crippen molar-refractivity contribution in [1.82, 2.24) is 14.7 Å². The highest BCUT2D eigenvalue weighted by molar-refractivity contribution is 5.99. The van der Waals surface area contributed by atoms with Crippen LogP contribution in [0, 0.1) is 17.5 Å². The van der Waals surface area contributed by atoms with Gasteiger partial charge in [0.2, 0.25) is 5.91 Å². The van der Waals surface area contributed by atoms with Crippen molar-refractivity contribution in [2.75, 3.05) is 18.9 Å². The fraction of sp³-hybridized carbons (Fsp3) is 0.105. The first-order valence-electron chi connectivity index (χ1n) is 8.15. The Hall–Kier alpha value is -3.62. The van der Waals surface area contributed by atoms with Crippen molar-refractivity contribution in [2.24, 2.45) is 0 Å². The van der Waals surface area contributed by atoms with Crippen LogP contribution in [0.5, 0.6) is 0 Å². The molecule has 0 saturated carbocycles. The van der Waals surface area contributed by atoms with Crippen molar-refractivity contribution in [2.45, 2.75) is 0 Å². The number of halogens is 3. The quantitative estimate of drug-likeness (QED) is 0.684. The molecule has 9 heteroatoms. The number of likely N-dealkylation sites (N-methyl/N-ethyl adjacent to an activating group) is 1. The molecule has 3 aromatic rings. The Morgan fingerprint density at radius 2 is 1.79 bits per heavy atom. The van der Waals surface area contributed by atoms with Gasteiger partial charge in [-0.15, -0.1) is 0 Å². The average Bonchev–Trinajstić information content (AvgIpc) is 3.23. The number of hydrogen-bond donors (Lipinski definition) is 1. The predicted octanol–water partition coefficient (Wildman–Crippen LogP) is 3.00. The Bertz CT molecular complexity index is 1000. The highest BCUT2D eigenvalue weighted by atomic mass is 19.2. The second kappa shape index (κ2) is 7.95. The number of hydrogen-bond acceptors (Lipinski definition) is 3. The smallest absolute Gasteiger partial charge is 0.254 e. The van der Waals surface area contributed by atoms with Gasteiger partial charge < -0.3 is 10.2 Å². The van der Waals surface area contributed by atoms with Gasteiger partial charge in [-0.3, -0.25) is 9.59 Å². The van der Waals surface area contributed by atoms with Crippen LogP contribution in [0.3, 0.4) is 0 Å². The van der Waals surface area contributed by atoms with Crippen LogP contribution in [0.2, 0.25) is 0 Å². The van der Waals surface area contributed by atoms with E-state index < -0.39 is 41.5 Å². The molecular formula is C19H15F3N4O2. The molecule has 1 heterocycles. The van der Waals surface area contributed by atoms with E-state index in [-0.39, 0.29) is 0 Å². The van der Waals surface area contributed by atoms with Crippen molar-refractivity contribution in [3.05, 3.63) is 77.9 Å². The molecule has 0 saturated heterocycles. The van der Waals surface area contributed by atoms with Crippen LogP contribution in [0.4, 0.5) is 18.9 Å². The molecule has 1 N–H and O–H groups in total. The SMILES string of the molecule is CN(CC(=O)Nc1ccc(F)c(F)c1F)C(=O)c1ccc(-n2cccn2)cc1. The maximum atomic E-state index is 13.6. The Balaban J connectivity index is 1.64. The molecule has 0 atom stereocenters. The standard InChI is InChI=1S/C19H15F3N4O2/c1-25(11-16(27)24-15-8-7-14(20)17(21)18(15)22)19(28)12-3-5-13(6-4-12)26-10-2-9-23-26/h2-10H,11H2,1H3,(H,24,27). The van der Waals surface area contributed by atoms with Crippen molar-refractivity contribution >= 4 is 17.5 Å². The first-order valence-corrected chi connectivity index (χ1v) is 8.15. The van der Waals surface area contributed by atoms with Gasteiger partial charge in [0.25, 0.3) is 5.91 Å². The predicted molar refractivity (Wildman–Crippen MR) is 95.5 cm³/mol. The number of anilines is 1. The van der Waals surface area contributed by atoms with E-state index in [0.717, 1.165) is 16.7 Å². The highest BCUT2D eigenvalue weighted by Crippen LogP contribution is 2.19. The van der Waals surface area contributed by atoms with Gasteiger partial charge in [-0.05, 0) is 42.5 Å². The zero-order chi connectivity index (χ0) is 20.3. The van der Waals surface area contributed by atoms with Crippen LogP contribution in [-0.2, 0) is 4.79 Å². The molecule has 1 aromatic heterocycles. The highest BCUT2D eigenvalue weighted by Gasteiger charge is 2.18. The van der Waals surface area contributed by atoms with Gasteiger partial charge in [0, 0.05) is 25.0 Å². The number of benzene rings is 2. The van der Waals surface area contributed by atoms with E-state index in [2.05, 4.69) is 10.4 Å². The molecule has 0 aliphatic rings. The normalized spacial score (nSPS) is 10.6. The van der Waals surface area contributed by atoms with E-state index in [4.69, 9.17) is 0 Å². The minimum absolute atomic E-state index is 0.338. The van der Waals surface area contributed by atoms with Crippen LogP contribution in [-0.4, -0.2) is 40.1 Å². The minimum atomic E-state index is -1.68. The summed E-state index contributed by atoms with van der Waals surface area (Å²) in [6.45, 7) is -0.405. The lowest BCUT2D eigenvalue weighted by Crippen LogP contribution is -2.35. The second-order valence-electron chi connectivity index (χ2n) is 5.93. The third kappa shape index (κ3) is 4.03. The van der Waals surface area contributed by atoms with Crippen LogP contribution in [0.25, 0.3) is 5.69 Å². The summed E-state index contributed by atoms with van der Waals surface area (Å²) < 4.78 is 41.4. The number of rotatable bonds is 5. The lowest BCUT2D eigenvalue weighted by Gasteiger charge is -2.17. The maximum absolute atomic E-state index is 13.6. The van der Waals surface area contributed by atoms with Crippen molar-refractivity contribution in [3.63, 3.8) is 0 Å². The molecular weight excluding hydrogens is 373 g/mol. The average molecular weight is 388 g/mol. The molecule has 0 spiro atoms. The number of nitrogens with one attached hydrogen (secondary N) is 1. The molecule has 0 unspecified atom stereocenters. The first kappa shape index (κ1) is 19.2. The van der Waals surface area contributed by atoms with Crippen LogP contribution in [0.15, 0.2) is 54.9 Å². The van der Waals surface area contributed by atoms with E-state index in [0.29, 0.717) is 11.6 Å². The Kier molecular flexibility index (Phi) is 5.44. The summed E-state index contributed by atoms with van der Waals surface area (Å²) in [6, 6.07) is 9.94. The second-order valence-corrected chi connectivity index (χ2v) is 5.93. The van der Waals surface area contributed by atoms with Gasteiger partial charge in [-0.25, -0.2) is 17.9 Å².